The highest BCUT2D eigenvalue weighted by molar-refractivity contribution is 7.98. The van der Waals surface area contributed by atoms with E-state index in [0.29, 0.717) is 12.1 Å². The zero-order chi connectivity index (χ0) is 13.5. The molecule has 0 bridgehead atoms. The molecule has 0 saturated heterocycles. The molecule has 0 aliphatic rings. The zero-order valence-electron chi connectivity index (χ0n) is 10.6. The van der Waals surface area contributed by atoms with Crippen molar-refractivity contribution in [2.24, 2.45) is 10.9 Å². The maximum Gasteiger partial charge on any atom is 0.170 e. The van der Waals surface area contributed by atoms with Gasteiger partial charge in [-0.05, 0) is 37.1 Å². The van der Waals surface area contributed by atoms with Gasteiger partial charge in [0.15, 0.2) is 5.84 Å². The first kappa shape index (κ1) is 14.8. The summed E-state index contributed by atoms with van der Waals surface area (Å²) in [5, 5.41) is 11.5. The molecule has 6 heteroatoms. The molecule has 0 fully saturated rings. The van der Waals surface area contributed by atoms with Crippen molar-refractivity contribution in [1.29, 1.82) is 0 Å². The molecule has 3 N–H and O–H groups in total. The van der Waals surface area contributed by atoms with Crippen molar-refractivity contribution in [2.45, 2.75) is 6.54 Å². The molecule has 0 unspecified atom stereocenters. The quantitative estimate of drug-likeness (QED) is 0.358. The monoisotopic (exact) mass is 271 g/mol. The van der Waals surface area contributed by atoms with Gasteiger partial charge in [0.25, 0.3) is 0 Å². The zero-order valence-corrected chi connectivity index (χ0v) is 11.4. The summed E-state index contributed by atoms with van der Waals surface area (Å²) < 4.78 is 13.4. The first-order valence-corrected chi connectivity index (χ1v) is 6.91. The van der Waals surface area contributed by atoms with Gasteiger partial charge >= 0.3 is 0 Å². The van der Waals surface area contributed by atoms with Crippen LogP contribution in [0.4, 0.5) is 4.39 Å². The van der Waals surface area contributed by atoms with E-state index in [9.17, 15) is 4.39 Å². The second-order valence-electron chi connectivity index (χ2n) is 4.06. The van der Waals surface area contributed by atoms with Crippen LogP contribution in [-0.2, 0) is 6.54 Å². The van der Waals surface area contributed by atoms with Gasteiger partial charge in [0.2, 0.25) is 0 Å². The Hall–Kier alpha value is -1.27. The number of benzene rings is 1. The van der Waals surface area contributed by atoms with Gasteiger partial charge in [-0.1, -0.05) is 5.16 Å². The molecular formula is C12H18FN3OS. The van der Waals surface area contributed by atoms with Gasteiger partial charge in [0.1, 0.15) is 5.82 Å². The molecule has 0 spiro atoms. The largest absolute Gasteiger partial charge is 0.409 e. The van der Waals surface area contributed by atoms with Crippen LogP contribution in [0.15, 0.2) is 23.4 Å². The molecular weight excluding hydrogens is 253 g/mol. The van der Waals surface area contributed by atoms with Crippen molar-refractivity contribution in [3.8, 4) is 0 Å². The maximum atomic E-state index is 13.4. The van der Waals surface area contributed by atoms with E-state index in [2.05, 4.69) is 10.1 Å². The highest BCUT2D eigenvalue weighted by Crippen LogP contribution is 2.11. The molecule has 0 aliphatic carbocycles. The number of amidine groups is 1. The summed E-state index contributed by atoms with van der Waals surface area (Å²) in [6.07, 6.45) is 2.05. The highest BCUT2D eigenvalue weighted by Gasteiger charge is 2.07. The number of oxime groups is 1. The topological polar surface area (TPSA) is 61.8 Å². The van der Waals surface area contributed by atoms with Crippen LogP contribution >= 0.6 is 11.8 Å². The van der Waals surface area contributed by atoms with Crippen LogP contribution in [0, 0.1) is 5.82 Å². The number of rotatable bonds is 6. The number of nitrogens with zero attached hydrogens (tertiary/aromatic N) is 2. The van der Waals surface area contributed by atoms with E-state index in [4.69, 9.17) is 10.9 Å². The minimum absolute atomic E-state index is 0.0810. The van der Waals surface area contributed by atoms with Crippen molar-refractivity contribution in [3.05, 3.63) is 35.1 Å². The van der Waals surface area contributed by atoms with Crippen molar-refractivity contribution < 1.29 is 9.60 Å². The first-order chi connectivity index (χ1) is 8.56. The van der Waals surface area contributed by atoms with E-state index < -0.39 is 0 Å². The molecule has 0 saturated carbocycles. The molecule has 1 aromatic rings. The normalized spacial score (nSPS) is 12.1. The number of thioether (sulfide) groups is 1. The first-order valence-electron chi connectivity index (χ1n) is 5.51. The smallest absolute Gasteiger partial charge is 0.170 e. The molecule has 0 radical (unpaired) electrons. The Balaban J connectivity index is 2.80. The van der Waals surface area contributed by atoms with Crippen LogP contribution < -0.4 is 5.73 Å². The third-order valence-corrected chi connectivity index (χ3v) is 3.08. The van der Waals surface area contributed by atoms with Crippen LogP contribution in [0.1, 0.15) is 11.1 Å². The Bertz CT molecular complexity index is 426. The van der Waals surface area contributed by atoms with Crippen molar-refractivity contribution >= 4 is 17.6 Å². The minimum Gasteiger partial charge on any atom is -0.409 e. The van der Waals surface area contributed by atoms with Gasteiger partial charge in [-0.2, -0.15) is 11.8 Å². The maximum absolute atomic E-state index is 13.4. The lowest BCUT2D eigenvalue weighted by atomic mass is 10.1. The number of nitrogens with two attached hydrogens (primary N) is 1. The van der Waals surface area contributed by atoms with Gasteiger partial charge < -0.3 is 15.8 Å². The Kier molecular flexibility index (Phi) is 5.94. The second-order valence-corrected chi connectivity index (χ2v) is 5.05. The fraction of sp³-hybridized carbons (Fsp3) is 0.417. The summed E-state index contributed by atoms with van der Waals surface area (Å²) in [5.41, 5.74) is 6.66. The summed E-state index contributed by atoms with van der Waals surface area (Å²) >= 11 is 1.77. The molecule has 18 heavy (non-hydrogen) atoms. The van der Waals surface area contributed by atoms with Gasteiger partial charge in [0, 0.05) is 24.4 Å². The lowest BCUT2D eigenvalue weighted by molar-refractivity contribution is 0.318. The Labute approximate surface area is 111 Å². The Morgan fingerprint density at radius 3 is 2.83 bits per heavy atom. The van der Waals surface area contributed by atoms with Gasteiger partial charge in [-0.25, -0.2) is 4.39 Å². The highest BCUT2D eigenvalue weighted by atomic mass is 32.2. The fourth-order valence-corrected chi connectivity index (χ4v) is 2.08. The summed E-state index contributed by atoms with van der Waals surface area (Å²) in [6.45, 7) is 1.56. The fourth-order valence-electron chi connectivity index (χ4n) is 1.59. The lowest BCUT2D eigenvalue weighted by Crippen LogP contribution is -2.21. The lowest BCUT2D eigenvalue weighted by Gasteiger charge is -2.16. The second kappa shape index (κ2) is 7.23. The molecule has 1 rings (SSSR count). The molecule has 0 amide bonds. The van der Waals surface area contributed by atoms with Crippen molar-refractivity contribution in [1.82, 2.24) is 4.90 Å². The van der Waals surface area contributed by atoms with Crippen molar-refractivity contribution in [3.63, 3.8) is 0 Å². The number of hydrogen-bond acceptors (Lipinski definition) is 4. The van der Waals surface area contributed by atoms with E-state index in [1.807, 2.05) is 13.3 Å². The molecule has 0 heterocycles. The SMILES string of the molecule is CSCCN(C)Cc1cc(F)cc(/C(N)=N/O)c1. The molecule has 4 nitrogen and oxygen atoms in total. The van der Waals surface area contributed by atoms with E-state index in [1.165, 1.54) is 12.1 Å². The van der Waals surface area contributed by atoms with E-state index in [1.54, 1.807) is 17.8 Å². The standard InChI is InChI=1S/C12H18FN3OS/c1-16(3-4-18-2)8-9-5-10(12(14)15-17)7-11(13)6-9/h5-7,17H,3-4,8H2,1-2H3,(H2,14,15). The van der Waals surface area contributed by atoms with Crippen molar-refractivity contribution in [2.75, 3.05) is 25.6 Å². The summed E-state index contributed by atoms with van der Waals surface area (Å²) in [7, 11) is 1.98. The van der Waals surface area contributed by atoms with Crippen LogP contribution in [0.3, 0.4) is 0 Å². The van der Waals surface area contributed by atoms with Gasteiger partial charge in [0.05, 0.1) is 0 Å². The summed E-state index contributed by atoms with van der Waals surface area (Å²) in [5.74, 6) is 0.564. The predicted molar refractivity (Wildman–Crippen MR) is 73.6 cm³/mol. The predicted octanol–water partition coefficient (Wildman–Crippen LogP) is 1.72. The van der Waals surface area contributed by atoms with Gasteiger partial charge in [-0.3, -0.25) is 0 Å². The Morgan fingerprint density at radius 1 is 1.50 bits per heavy atom. The summed E-state index contributed by atoms with van der Waals surface area (Å²) in [6, 6.07) is 4.44. The number of halogens is 1. The molecule has 100 valence electrons. The third kappa shape index (κ3) is 4.54. The Morgan fingerprint density at radius 2 is 2.22 bits per heavy atom. The van der Waals surface area contributed by atoms with E-state index in [-0.39, 0.29) is 11.7 Å². The van der Waals surface area contributed by atoms with Crippen LogP contribution in [0.25, 0.3) is 0 Å². The number of hydrogen-bond donors (Lipinski definition) is 2. The van der Waals surface area contributed by atoms with Crippen LogP contribution in [0.5, 0.6) is 0 Å². The molecule has 0 atom stereocenters. The minimum atomic E-state index is -0.382. The summed E-state index contributed by atoms with van der Waals surface area (Å²) in [4.78, 5) is 2.10. The average molecular weight is 271 g/mol. The van der Waals surface area contributed by atoms with Gasteiger partial charge in [-0.15, -0.1) is 0 Å². The van der Waals surface area contributed by atoms with E-state index >= 15 is 0 Å². The van der Waals surface area contributed by atoms with Crippen LogP contribution in [0.2, 0.25) is 0 Å². The molecule has 1 aromatic carbocycles. The van der Waals surface area contributed by atoms with E-state index in [0.717, 1.165) is 17.9 Å². The molecule has 0 aliphatic heterocycles. The average Bonchev–Trinajstić information content (AvgIpc) is 2.34. The third-order valence-electron chi connectivity index (χ3n) is 2.49. The molecule has 0 aromatic heterocycles. The van der Waals surface area contributed by atoms with Crippen LogP contribution in [-0.4, -0.2) is 41.5 Å².